The van der Waals surface area contributed by atoms with Crippen LogP contribution in [0.25, 0.3) is 10.4 Å². The Morgan fingerprint density at radius 1 is 1.36 bits per heavy atom. The molecule has 0 spiro atoms. The van der Waals surface area contributed by atoms with E-state index in [1.54, 1.807) is 7.11 Å². The van der Waals surface area contributed by atoms with Crippen molar-refractivity contribution in [1.29, 1.82) is 0 Å². The fourth-order valence-corrected chi connectivity index (χ4v) is 2.90. The van der Waals surface area contributed by atoms with Crippen molar-refractivity contribution in [3.63, 3.8) is 0 Å². The van der Waals surface area contributed by atoms with Gasteiger partial charge < -0.3 is 9.84 Å². The molecule has 120 valence electrons. The van der Waals surface area contributed by atoms with Crippen LogP contribution in [-0.2, 0) is 10.5 Å². The van der Waals surface area contributed by atoms with E-state index in [-0.39, 0.29) is 0 Å². The van der Waals surface area contributed by atoms with E-state index in [0.29, 0.717) is 6.42 Å². The highest BCUT2D eigenvalue weighted by molar-refractivity contribution is 7.98. The molecule has 0 aromatic heterocycles. The lowest BCUT2D eigenvalue weighted by molar-refractivity contribution is -0.138. The van der Waals surface area contributed by atoms with Crippen LogP contribution in [0.5, 0.6) is 5.75 Å². The Hall–Kier alpha value is -1.85. The number of carbonyl (C=O) groups is 1. The van der Waals surface area contributed by atoms with Crippen LogP contribution in [0.15, 0.2) is 29.4 Å². The van der Waals surface area contributed by atoms with Crippen LogP contribution in [0.3, 0.4) is 0 Å². The normalized spacial score (nSPS) is 11.5. The molecule has 1 aromatic rings. The highest BCUT2D eigenvalue weighted by atomic mass is 32.2. The van der Waals surface area contributed by atoms with Crippen LogP contribution in [-0.4, -0.2) is 30.0 Å². The molecule has 0 aliphatic rings. The summed E-state index contributed by atoms with van der Waals surface area (Å²) in [5.41, 5.74) is 9.55. The smallest absolute Gasteiger partial charge is 0.312 e. The van der Waals surface area contributed by atoms with E-state index in [1.165, 1.54) is 5.56 Å². The van der Waals surface area contributed by atoms with Crippen LogP contribution in [0.2, 0.25) is 0 Å². The van der Waals surface area contributed by atoms with Gasteiger partial charge in [-0.25, -0.2) is 0 Å². The number of ether oxygens (including phenoxy) is 1. The first-order valence-corrected chi connectivity index (χ1v) is 8.30. The highest BCUT2D eigenvalue weighted by Gasteiger charge is 2.14. The molecule has 1 aromatic carbocycles. The van der Waals surface area contributed by atoms with Gasteiger partial charge in [0.05, 0.1) is 7.11 Å². The molecule has 6 nitrogen and oxygen atoms in total. The zero-order chi connectivity index (χ0) is 16.2. The SMILES string of the molecule is COc1ccc(CSCCCCC[C@H](N=[N+]=[N-])C(=O)O)cc1. The number of nitrogens with zero attached hydrogens (tertiary/aromatic N) is 3. The summed E-state index contributed by atoms with van der Waals surface area (Å²) in [6.45, 7) is 0. The first kappa shape index (κ1) is 18.2. The van der Waals surface area contributed by atoms with E-state index in [2.05, 4.69) is 22.2 Å². The zero-order valence-electron chi connectivity index (χ0n) is 12.6. The topological polar surface area (TPSA) is 95.3 Å². The van der Waals surface area contributed by atoms with Gasteiger partial charge in [-0.2, -0.15) is 11.8 Å². The van der Waals surface area contributed by atoms with Gasteiger partial charge in [-0.1, -0.05) is 30.1 Å². The lowest BCUT2D eigenvalue weighted by Gasteiger charge is -2.06. The van der Waals surface area contributed by atoms with Gasteiger partial charge in [0.25, 0.3) is 0 Å². The van der Waals surface area contributed by atoms with E-state index in [4.69, 9.17) is 15.4 Å². The van der Waals surface area contributed by atoms with E-state index in [1.807, 2.05) is 23.9 Å². The second kappa shape index (κ2) is 10.8. The molecule has 0 saturated carbocycles. The molecule has 0 aliphatic carbocycles. The van der Waals surface area contributed by atoms with Crippen molar-refractivity contribution in [2.75, 3.05) is 12.9 Å². The number of hydrogen-bond acceptors (Lipinski definition) is 4. The molecule has 0 aliphatic heterocycles. The lowest BCUT2D eigenvalue weighted by Crippen LogP contribution is -2.16. The summed E-state index contributed by atoms with van der Waals surface area (Å²) < 4.78 is 5.11. The van der Waals surface area contributed by atoms with E-state index in [0.717, 1.165) is 36.5 Å². The third-order valence-electron chi connectivity index (χ3n) is 3.17. The number of carboxylic acid groups (broad SMARTS) is 1. The molecule has 1 atom stereocenters. The third kappa shape index (κ3) is 7.24. The maximum atomic E-state index is 10.8. The molecule has 1 rings (SSSR count). The average Bonchev–Trinajstić information content (AvgIpc) is 2.53. The average molecular weight is 323 g/mol. The molecule has 0 heterocycles. The Morgan fingerprint density at radius 3 is 2.68 bits per heavy atom. The summed E-state index contributed by atoms with van der Waals surface area (Å²) in [6, 6.07) is 7.10. The Balaban J connectivity index is 2.10. The third-order valence-corrected chi connectivity index (χ3v) is 4.28. The number of rotatable bonds is 11. The minimum Gasteiger partial charge on any atom is -0.497 e. The number of carboxylic acids is 1. The van der Waals surface area contributed by atoms with E-state index >= 15 is 0 Å². The molecule has 22 heavy (non-hydrogen) atoms. The molecular formula is C15H21N3O3S. The van der Waals surface area contributed by atoms with Crippen LogP contribution >= 0.6 is 11.8 Å². The molecule has 1 N–H and O–H groups in total. The van der Waals surface area contributed by atoms with Gasteiger partial charge in [-0.05, 0) is 41.8 Å². The minimum atomic E-state index is -1.05. The summed E-state index contributed by atoms with van der Waals surface area (Å²) in [6.07, 6.45) is 3.14. The van der Waals surface area contributed by atoms with Gasteiger partial charge in [-0.15, -0.1) is 0 Å². The lowest BCUT2D eigenvalue weighted by atomic mass is 10.1. The van der Waals surface area contributed by atoms with Gasteiger partial charge >= 0.3 is 5.97 Å². The van der Waals surface area contributed by atoms with E-state index in [9.17, 15) is 4.79 Å². The highest BCUT2D eigenvalue weighted by Crippen LogP contribution is 2.18. The summed E-state index contributed by atoms with van der Waals surface area (Å²) in [5, 5.41) is 12.1. The van der Waals surface area contributed by atoms with Crippen molar-refractivity contribution < 1.29 is 14.6 Å². The van der Waals surface area contributed by atoms with Gasteiger partial charge in [0.2, 0.25) is 0 Å². The second-order valence-corrected chi connectivity index (χ2v) is 5.91. The van der Waals surface area contributed by atoms with Crippen LogP contribution in [0, 0.1) is 0 Å². The molecule has 0 saturated heterocycles. The van der Waals surface area contributed by atoms with Crippen molar-refractivity contribution in [2.24, 2.45) is 5.11 Å². The number of azide groups is 1. The zero-order valence-corrected chi connectivity index (χ0v) is 13.5. The number of hydrogen-bond donors (Lipinski definition) is 1. The van der Waals surface area contributed by atoms with Crippen LogP contribution < -0.4 is 4.74 Å². The quantitative estimate of drug-likeness (QED) is 0.285. The molecule has 0 unspecified atom stereocenters. The van der Waals surface area contributed by atoms with E-state index < -0.39 is 12.0 Å². The van der Waals surface area contributed by atoms with Gasteiger partial charge in [-0.3, -0.25) is 4.79 Å². The summed E-state index contributed by atoms with van der Waals surface area (Å²) in [5.74, 6) is 1.81. The van der Waals surface area contributed by atoms with Crippen LogP contribution in [0.1, 0.15) is 31.2 Å². The molecule has 0 radical (unpaired) electrons. The number of aliphatic carboxylic acids is 1. The Kier molecular flexibility index (Phi) is 8.95. The predicted molar refractivity (Wildman–Crippen MR) is 88.2 cm³/mol. The molecule has 7 heteroatoms. The monoisotopic (exact) mass is 323 g/mol. The van der Waals surface area contributed by atoms with Crippen molar-refractivity contribution in [2.45, 2.75) is 37.5 Å². The van der Waals surface area contributed by atoms with Gasteiger partial charge in [0, 0.05) is 10.7 Å². The van der Waals surface area contributed by atoms with Crippen molar-refractivity contribution >= 4 is 17.7 Å². The summed E-state index contributed by atoms with van der Waals surface area (Å²) in [7, 11) is 1.65. The molecular weight excluding hydrogens is 302 g/mol. The largest absolute Gasteiger partial charge is 0.497 e. The van der Waals surface area contributed by atoms with Gasteiger partial charge in [0.15, 0.2) is 0 Å². The number of unbranched alkanes of at least 4 members (excludes halogenated alkanes) is 2. The van der Waals surface area contributed by atoms with Gasteiger partial charge in [0.1, 0.15) is 11.8 Å². The standard InChI is InChI=1S/C15H21N3O3S/c1-21-13-8-6-12(7-9-13)11-22-10-4-2-3-5-14(15(19)20)17-18-16/h6-9,14H,2-5,10-11H2,1H3,(H,19,20)/t14-/m0/s1. The molecule has 0 fully saturated rings. The Morgan fingerprint density at radius 2 is 2.09 bits per heavy atom. The predicted octanol–water partition coefficient (Wildman–Crippen LogP) is 4.25. The molecule has 0 amide bonds. The number of thioether (sulfide) groups is 1. The first-order chi connectivity index (χ1) is 10.7. The first-order valence-electron chi connectivity index (χ1n) is 7.15. The minimum absolute atomic E-state index is 0.405. The Bertz CT molecular complexity index is 499. The second-order valence-electron chi connectivity index (χ2n) is 4.81. The maximum absolute atomic E-state index is 10.8. The van der Waals surface area contributed by atoms with Crippen LogP contribution in [0.4, 0.5) is 0 Å². The van der Waals surface area contributed by atoms with Crippen molar-refractivity contribution in [3.05, 3.63) is 40.3 Å². The molecule has 0 bridgehead atoms. The number of benzene rings is 1. The maximum Gasteiger partial charge on any atom is 0.312 e. The Labute approximate surface area is 134 Å². The number of methoxy groups -OCH3 is 1. The van der Waals surface area contributed by atoms with Crippen molar-refractivity contribution in [3.8, 4) is 5.75 Å². The summed E-state index contributed by atoms with van der Waals surface area (Å²) in [4.78, 5) is 13.3. The van der Waals surface area contributed by atoms with Crippen molar-refractivity contribution in [1.82, 2.24) is 0 Å². The summed E-state index contributed by atoms with van der Waals surface area (Å²) >= 11 is 1.86. The fraction of sp³-hybridized carbons (Fsp3) is 0.533. The fourth-order valence-electron chi connectivity index (χ4n) is 1.92.